The standard InChI is InChI=1S/C58H35Br3N3.Ir/c1-37-27-58(40-13-10-16-48(61)33-40)64-36-55(37)54-22-7-6-21-53(54)45-29-43(51-19-4-2-17-49(51)41-23-25-56(62-34-41)38-11-8-14-46(59)31-38)28-44(30-45)52-20-5-3-18-50(52)42-24-26-57(63-35-42)39-12-9-15-47(60)32-39;/h2-10,14-36H,1H3;/q-3;+3. The molecular formula is C58H35Br3IrN3. The summed E-state index contributed by atoms with van der Waals surface area (Å²) in [6.45, 7) is 2.16. The van der Waals surface area contributed by atoms with Gasteiger partial charge in [-0.3, -0.25) is 0 Å². The number of aryl methyl sites for hydroxylation is 1. The minimum absolute atomic E-state index is 0. The van der Waals surface area contributed by atoms with Crippen molar-refractivity contribution in [3.63, 3.8) is 0 Å². The number of aromatic nitrogens is 3. The van der Waals surface area contributed by atoms with Crippen LogP contribution >= 0.6 is 47.8 Å². The molecule has 7 aromatic carbocycles. The van der Waals surface area contributed by atoms with Crippen molar-refractivity contribution in [1.29, 1.82) is 0 Å². The zero-order valence-electron chi connectivity index (χ0n) is 34.8. The van der Waals surface area contributed by atoms with Crippen LogP contribution < -0.4 is 0 Å². The van der Waals surface area contributed by atoms with Crippen LogP contribution in [0.25, 0.3) is 101 Å². The van der Waals surface area contributed by atoms with Gasteiger partial charge >= 0.3 is 20.1 Å². The van der Waals surface area contributed by atoms with Gasteiger partial charge in [-0.15, -0.1) is 89.5 Å². The normalized spacial score (nSPS) is 11.0. The van der Waals surface area contributed by atoms with Crippen LogP contribution in [0.1, 0.15) is 5.56 Å². The first-order valence-electron chi connectivity index (χ1n) is 20.7. The van der Waals surface area contributed by atoms with Gasteiger partial charge in [0.25, 0.3) is 0 Å². The quantitative estimate of drug-likeness (QED) is 0.135. The van der Waals surface area contributed by atoms with Gasteiger partial charge in [-0.1, -0.05) is 164 Å². The van der Waals surface area contributed by atoms with E-state index in [0.29, 0.717) is 0 Å². The third-order valence-corrected chi connectivity index (χ3v) is 12.8. The molecule has 0 saturated carbocycles. The van der Waals surface area contributed by atoms with Gasteiger partial charge in [-0.25, -0.2) is 0 Å². The molecule has 0 unspecified atom stereocenters. The largest absolute Gasteiger partial charge is 3.00 e. The van der Waals surface area contributed by atoms with E-state index in [4.69, 9.17) is 15.0 Å². The van der Waals surface area contributed by atoms with Crippen LogP contribution in [-0.4, -0.2) is 15.0 Å². The minimum atomic E-state index is 0. The summed E-state index contributed by atoms with van der Waals surface area (Å²) in [5, 5.41) is 0. The van der Waals surface area contributed by atoms with Crippen molar-refractivity contribution in [3.05, 3.63) is 232 Å². The third kappa shape index (κ3) is 9.58. The summed E-state index contributed by atoms with van der Waals surface area (Å²) in [4.78, 5) is 14.8. The van der Waals surface area contributed by atoms with Gasteiger partial charge in [-0.2, -0.15) is 0 Å². The van der Waals surface area contributed by atoms with Crippen LogP contribution in [0.4, 0.5) is 0 Å². The topological polar surface area (TPSA) is 38.7 Å². The number of halogens is 3. The fraction of sp³-hybridized carbons (Fsp3) is 0.0172. The van der Waals surface area contributed by atoms with Gasteiger partial charge in [-0.05, 0) is 109 Å². The molecule has 0 atom stereocenters. The minimum Gasteiger partial charge on any atom is -0.304 e. The molecule has 0 spiro atoms. The average molecular weight is 1210 g/mol. The second kappa shape index (κ2) is 19.7. The van der Waals surface area contributed by atoms with Crippen molar-refractivity contribution in [2.24, 2.45) is 0 Å². The van der Waals surface area contributed by atoms with E-state index in [2.05, 4.69) is 200 Å². The molecule has 0 fully saturated rings. The molecule has 0 amide bonds. The van der Waals surface area contributed by atoms with Gasteiger partial charge in [0.05, 0.1) is 0 Å². The molecule has 312 valence electrons. The number of benzene rings is 7. The summed E-state index contributed by atoms with van der Waals surface area (Å²) in [6, 6.07) is 71.2. The maximum Gasteiger partial charge on any atom is 3.00 e. The van der Waals surface area contributed by atoms with Crippen molar-refractivity contribution in [2.75, 3.05) is 0 Å². The zero-order valence-corrected chi connectivity index (χ0v) is 41.9. The van der Waals surface area contributed by atoms with Gasteiger partial charge in [0, 0.05) is 24.2 Å². The fourth-order valence-corrected chi connectivity index (χ4v) is 9.29. The first kappa shape index (κ1) is 44.3. The SMILES string of the molecule is Cc1cc(-c2[c-]ccc(Br)c2)ncc1-c1ccccc1-c1cc(-c2ccccc2-c2ccc(-c3[c-]ccc(Br)c3)nc2)cc(-c2ccccc2-c2ccc(-c3[c-]ccc(Br)c3)nc2)c1.[Ir+3]. The Hall–Kier alpha value is -5.92. The molecule has 0 saturated heterocycles. The van der Waals surface area contributed by atoms with Gasteiger partial charge in [0.2, 0.25) is 0 Å². The summed E-state index contributed by atoms with van der Waals surface area (Å²) in [5.74, 6) is 0. The second-order valence-electron chi connectivity index (χ2n) is 15.4. The van der Waals surface area contributed by atoms with Gasteiger partial charge < -0.3 is 15.0 Å². The Balaban J connectivity index is 0.00000533. The summed E-state index contributed by atoms with van der Waals surface area (Å²) >= 11 is 10.8. The Morgan fingerprint density at radius 3 is 1.06 bits per heavy atom. The summed E-state index contributed by atoms with van der Waals surface area (Å²) in [7, 11) is 0. The fourth-order valence-electron chi connectivity index (χ4n) is 8.21. The number of rotatable bonds is 9. The van der Waals surface area contributed by atoms with Crippen LogP contribution in [-0.2, 0) is 20.1 Å². The number of hydrogen-bond donors (Lipinski definition) is 0. The molecule has 3 nitrogen and oxygen atoms in total. The van der Waals surface area contributed by atoms with E-state index >= 15 is 0 Å². The van der Waals surface area contributed by atoms with Gasteiger partial charge in [0.1, 0.15) is 0 Å². The molecule has 10 rings (SSSR count). The number of hydrogen-bond acceptors (Lipinski definition) is 3. The molecule has 0 bridgehead atoms. The maximum atomic E-state index is 4.97. The predicted molar refractivity (Wildman–Crippen MR) is 273 cm³/mol. The van der Waals surface area contributed by atoms with E-state index in [1.54, 1.807) is 0 Å². The maximum absolute atomic E-state index is 4.97. The molecule has 7 heteroatoms. The molecular weight excluding hydrogens is 1170 g/mol. The van der Waals surface area contributed by atoms with E-state index in [1.165, 1.54) is 0 Å². The molecule has 3 heterocycles. The Bertz CT molecular complexity index is 3180. The van der Waals surface area contributed by atoms with Gasteiger partial charge in [0.15, 0.2) is 0 Å². The summed E-state index contributed by atoms with van der Waals surface area (Å²) in [5.41, 5.74) is 19.6. The monoisotopic (exact) mass is 1200 g/mol. The van der Waals surface area contributed by atoms with E-state index in [-0.39, 0.29) is 20.1 Å². The van der Waals surface area contributed by atoms with Crippen molar-refractivity contribution in [2.45, 2.75) is 6.92 Å². The third-order valence-electron chi connectivity index (χ3n) is 11.3. The Labute approximate surface area is 418 Å². The molecule has 0 radical (unpaired) electrons. The van der Waals surface area contributed by atoms with E-state index in [0.717, 1.165) is 120 Å². The van der Waals surface area contributed by atoms with Crippen LogP contribution in [0, 0.1) is 25.1 Å². The molecule has 0 aliphatic rings. The van der Waals surface area contributed by atoms with Crippen LogP contribution in [0.15, 0.2) is 208 Å². The van der Waals surface area contributed by atoms with E-state index < -0.39 is 0 Å². The van der Waals surface area contributed by atoms with Crippen LogP contribution in [0.2, 0.25) is 0 Å². The Morgan fingerprint density at radius 2 is 0.692 bits per heavy atom. The zero-order chi connectivity index (χ0) is 43.6. The Morgan fingerprint density at radius 1 is 0.338 bits per heavy atom. The first-order chi connectivity index (χ1) is 31.3. The molecule has 65 heavy (non-hydrogen) atoms. The summed E-state index contributed by atoms with van der Waals surface area (Å²) in [6.07, 6.45) is 5.93. The molecule has 0 aliphatic carbocycles. The molecule has 3 aromatic heterocycles. The van der Waals surface area contributed by atoms with Crippen molar-refractivity contribution in [1.82, 2.24) is 15.0 Å². The van der Waals surface area contributed by atoms with E-state index in [1.807, 2.05) is 67.1 Å². The molecule has 0 aliphatic heterocycles. The van der Waals surface area contributed by atoms with Crippen LogP contribution in [0.5, 0.6) is 0 Å². The van der Waals surface area contributed by atoms with E-state index in [9.17, 15) is 0 Å². The number of pyridine rings is 3. The van der Waals surface area contributed by atoms with Crippen LogP contribution in [0.3, 0.4) is 0 Å². The average Bonchev–Trinajstić information content (AvgIpc) is 3.34. The molecule has 0 N–H and O–H groups in total. The van der Waals surface area contributed by atoms with Crippen molar-refractivity contribution < 1.29 is 20.1 Å². The van der Waals surface area contributed by atoms with Crippen molar-refractivity contribution in [3.8, 4) is 101 Å². The van der Waals surface area contributed by atoms with Crippen molar-refractivity contribution >= 4 is 47.8 Å². The first-order valence-corrected chi connectivity index (χ1v) is 23.1. The Kier molecular flexibility index (Phi) is 13.4. The number of nitrogens with zero attached hydrogens (tertiary/aromatic N) is 3. The smallest absolute Gasteiger partial charge is 0.304 e. The molecule has 10 aromatic rings. The summed E-state index contributed by atoms with van der Waals surface area (Å²) < 4.78 is 2.98. The predicted octanol–water partition coefficient (Wildman–Crippen LogP) is 16.9. The second-order valence-corrected chi connectivity index (χ2v) is 18.2.